The SMILES string of the molecule is Fc1ccc(CCNc2nc(C(F)(F)F)nc3ccccc23)cc1. The third-order valence-corrected chi connectivity index (χ3v) is 3.48. The van der Waals surface area contributed by atoms with E-state index in [1.54, 1.807) is 30.3 Å². The number of nitrogens with one attached hydrogen (secondary N) is 1. The molecule has 1 heterocycles. The number of alkyl halides is 3. The monoisotopic (exact) mass is 335 g/mol. The summed E-state index contributed by atoms with van der Waals surface area (Å²) in [4.78, 5) is 7.18. The van der Waals surface area contributed by atoms with Crippen molar-refractivity contribution in [1.29, 1.82) is 0 Å². The van der Waals surface area contributed by atoms with E-state index >= 15 is 0 Å². The van der Waals surface area contributed by atoms with Gasteiger partial charge in [-0.15, -0.1) is 0 Å². The van der Waals surface area contributed by atoms with E-state index in [0.29, 0.717) is 18.4 Å². The van der Waals surface area contributed by atoms with Gasteiger partial charge in [0.15, 0.2) is 0 Å². The molecule has 124 valence electrons. The van der Waals surface area contributed by atoms with E-state index in [-0.39, 0.29) is 17.2 Å². The van der Waals surface area contributed by atoms with E-state index in [2.05, 4.69) is 15.3 Å². The molecule has 3 nitrogen and oxygen atoms in total. The molecule has 0 saturated carbocycles. The van der Waals surface area contributed by atoms with Gasteiger partial charge in [-0.05, 0) is 36.2 Å². The minimum absolute atomic E-state index is 0.134. The summed E-state index contributed by atoms with van der Waals surface area (Å²) >= 11 is 0. The molecule has 7 heteroatoms. The lowest BCUT2D eigenvalue weighted by Gasteiger charge is -2.12. The van der Waals surface area contributed by atoms with Crippen molar-refractivity contribution in [3.8, 4) is 0 Å². The predicted octanol–water partition coefficient (Wildman–Crippen LogP) is 4.44. The molecule has 24 heavy (non-hydrogen) atoms. The second kappa shape index (κ2) is 6.43. The molecule has 0 aliphatic carbocycles. The van der Waals surface area contributed by atoms with Gasteiger partial charge in [0.25, 0.3) is 0 Å². The number of anilines is 1. The highest BCUT2D eigenvalue weighted by molar-refractivity contribution is 5.89. The highest BCUT2D eigenvalue weighted by Gasteiger charge is 2.35. The van der Waals surface area contributed by atoms with Crippen LogP contribution in [-0.4, -0.2) is 16.5 Å². The highest BCUT2D eigenvalue weighted by atomic mass is 19.4. The van der Waals surface area contributed by atoms with Crippen LogP contribution in [0.3, 0.4) is 0 Å². The molecule has 3 rings (SSSR count). The number of rotatable bonds is 4. The second-order valence-corrected chi connectivity index (χ2v) is 5.21. The van der Waals surface area contributed by atoms with Crippen molar-refractivity contribution in [1.82, 2.24) is 9.97 Å². The Morgan fingerprint density at radius 1 is 0.917 bits per heavy atom. The van der Waals surface area contributed by atoms with Crippen LogP contribution in [-0.2, 0) is 12.6 Å². The molecule has 1 N–H and O–H groups in total. The van der Waals surface area contributed by atoms with Gasteiger partial charge in [0.1, 0.15) is 11.6 Å². The summed E-state index contributed by atoms with van der Waals surface area (Å²) in [5.74, 6) is -1.37. The van der Waals surface area contributed by atoms with Gasteiger partial charge in [0, 0.05) is 11.9 Å². The van der Waals surface area contributed by atoms with E-state index < -0.39 is 12.0 Å². The summed E-state index contributed by atoms with van der Waals surface area (Å²) in [7, 11) is 0. The Balaban J connectivity index is 1.83. The van der Waals surface area contributed by atoms with Gasteiger partial charge in [-0.2, -0.15) is 13.2 Å². The first kappa shape index (κ1) is 16.2. The molecule has 0 atom stereocenters. The summed E-state index contributed by atoms with van der Waals surface area (Å²) in [5, 5.41) is 3.44. The van der Waals surface area contributed by atoms with Gasteiger partial charge in [-0.25, -0.2) is 14.4 Å². The summed E-state index contributed by atoms with van der Waals surface area (Å²) in [6.07, 6.45) is -4.09. The maximum atomic E-state index is 12.9. The van der Waals surface area contributed by atoms with Gasteiger partial charge in [-0.3, -0.25) is 0 Å². The van der Waals surface area contributed by atoms with Crippen LogP contribution in [0.25, 0.3) is 10.9 Å². The molecule has 0 aliphatic heterocycles. The predicted molar refractivity (Wildman–Crippen MR) is 83.1 cm³/mol. The van der Waals surface area contributed by atoms with Crippen molar-refractivity contribution in [3.05, 3.63) is 65.7 Å². The molecule has 0 aliphatic rings. The zero-order chi connectivity index (χ0) is 17.2. The normalized spacial score (nSPS) is 11.7. The minimum Gasteiger partial charge on any atom is -0.369 e. The number of benzene rings is 2. The molecule has 0 unspecified atom stereocenters. The highest BCUT2D eigenvalue weighted by Crippen LogP contribution is 2.30. The number of hydrogen-bond acceptors (Lipinski definition) is 3. The zero-order valence-corrected chi connectivity index (χ0v) is 12.4. The first-order chi connectivity index (χ1) is 11.4. The van der Waals surface area contributed by atoms with Crippen LogP contribution in [0, 0.1) is 5.82 Å². The Labute approximate surface area is 135 Å². The van der Waals surface area contributed by atoms with Crippen LogP contribution in [0.1, 0.15) is 11.4 Å². The molecule has 0 saturated heterocycles. The van der Waals surface area contributed by atoms with Gasteiger partial charge < -0.3 is 5.32 Å². The molecular weight excluding hydrogens is 322 g/mol. The average molecular weight is 335 g/mol. The Morgan fingerprint density at radius 2 is 1.62 bits per heavy atom. The van der Waals surface area contributed by atoms with Crippen molar-refractivity contribution < 1.29 is 17.6 Å². The summed E-state index contributed by atoms with van der Waals surface area (Å²) in [6, 6.07) is 12.5. The largest absolute Gasteiger partial charge is 0.451 e. The van der Waals surface area contributed by atoms with E-state index in [4.69, 9.17) is 0 Å². The van der Waals surface area contributed by atoms with Crippen molar-refractivity contribution >= 4 is 16.7 Å². The van der Waals surface area contributed by atoms with Crippen molar-refractivity contribution in [3.63, 3.8) is 0 Å². The van der Waals surface area contributed by atoms with Crippen LogP contribution in [0.15, 0.2) is 48.5 Å². The number of halogens is 4. The van der Waals surface area contributed by atoms with Crippen molar-refractivity contribution in [2.24, 2.45) is 0 Å². The number of fused-ring (bicyclic) bond motifs is 1. The Morgan fingerprint density at radius 3 is 2.33 bits per heavy atom. The number of hydrogen-bond donors (Lipinski definition) is 1. The van der Waals surface area contributed by atoms with Gasteiger partial charge in [0.2, 0.25) is 5.82 Å². The van der Waals surface area contributed by atoms with Crippen LogP contribution in [0.4, 0.5) is 23.4 Å². The third kappa shape index (κ3) is 3.61. The van der Waals surface area contributed by atoms with Gasteiger partial charge >= 0.3 is 6.18 Å². The molecule has 2 aromatic carbocycles. The molecule has 0 radical (unpaired) electrons. The Hall–Kier alpha value is -2.70. The molecule has 1 aromatic heterocycles. The van der Waals surface area contributed by atoms with Crippen LogP contribution in [0.5, 0.6) is 0 Å². The van der Waals surface area contributed by atoms with E-state index in [9.17, 15) is 17.6 Å². The average Bonchev–Trinajstić information content (AvgIpc) is 2.55. The van der Waals surface area contributed by atoms with Crippen molar-refractivity contribution in [2.75, 3.05) is 11.9 Å². The minimum atomic E-state index is -4.61. The lowest BCUT2D eigenvalue weighted by molar-refractivity contribution is -0.144. The molecular formula is C17H13F4N3. The molecule has 0 bridgehead atoms. The number of aromatic nitrogens is 2. The molecule has 0 fully saturated rings. The van der Waals surface area contributed by atoms with Crippen LogP contribution >= 0.6 is 0 Å². The van der Waals surface area contributed by atoms with E-state index in [0.717, 1.165) is 5.56 Å². The number of nitrogens with zero attached hydrogens (tertiary/aromatic N) is 2. The maximum absolute atomic E-state index is 12.9. The third-order valence-electron chi connectivity index (χ3n) is 3.48. The van der Waals surface area contributed by atoms with Gasteiger partial charge in [0.05, 0.1) is 5.52 Å². The van der Waals surface area contributed by atoms with Crippen molar-refractivity contribution in [2.45, 2.75) is 12.6 Å². The fraction of sp³-hybridized carbons (Fsp3) is 0.176. The molecule has 3 aromatic rings. The molecule has 0 amide bonds. The zero-order valence-electron chi connectivity index (χ0n) is 12.4. The fourth-order valence-electron chi connectivity index (χ4n) is 2.31. The fourth-order valence-corrected chi connectivity index (χ4v) is 2.31. The summed E-state index contributed by atoms with van der Waals surface area (Å²) in [5.41, 5.74) is 1.10. The molecule has 0 spiro atoms. The Bertz CT molecular complexity index is 845. The summed E-state index contributed by atoms with van der Waals surface area (Å²) in [6.45, 7) is 0.365. The smallest absolute Gasteiger partial charge is 0.369 e. The standard InChI is InChI=1S/C17H13F4N3/c18-12-7-5-11(6-8-12)9-10-22-15-13-3-1-2-4-14(13)23-16(24-15)17(19,20)21/h1-8H,9-10H2,(H,22,23,24). The maximum Gasteiger partial charge on any atom is 0.451 e. The van der Waals surface area contributed by atoms with E-state index in [1.807, 2.05) is 0 Å². The second-order valence-electron chi connectivity index (χ2n) is 5.21. The summed E-state index contributed by atoms with van der Waals surface area (Å²) < 4.78 is 51.7. The van der Waals surface area contributed by atoms with Crippen LogP contribution in [0.2, 0.25) is 0 Å². The van der Waals surface area contributed by atoms with Crippen LogP contribution < -0.4 is 5.32 Å². The lowest BCUT2D eigenvalue weighted by Crippen LogP contribution is -2.14. The first-order valence-corrected chi connectivity index (χ1v) is 7.26. The van der Waals surface area contributed by atoms with E-state index in [1.165, 1.54) is 18.2 Å². The first-order valence-electron chi connectivity index (χ1n) is 7.26. The Kier molecular flexibility index (Phi) is 4.33. The number of para-hydroxylation sites is 1. The van der Waals surface area contributed by atoms with Gasteiger partial charge in [-0.1, -0.05) is 24.3 Å². The quantitative estimate of drug-likeness (QED) is 0.716. The topological polar surface area (TPSA) is 37.8 Å². The lowest BCUT2D eigenvalue weighted by atomic mass is 10.1.